The van der Waals surface area contributed by atoms with Crippen LogP contribution >= 0.6 is 0 Å². The molecule has 1 rings (SSSR count). The second-order valence-corrected chi connectivity index (χ2v) is 6.78. The molecule has 0 aromatic heterocycles. The minimum Gasteiger partial charge on any atom is -0.380 e. The van der Waals surface area contributed by atoms with Gasteiger partial charge in [0, 0.05) is 25.2 Å². The Bertz CT molecular complexity index is 237. The maximum Gasteiger partial charge on any atom is 0.0593 e. The maximum atomic E-state index is 6.31. The van der Waals surface area contributed by atoms with Crippen LogP contribution in [0.4, 0.5) is 0 Å². The van der Waals surface area contributed by atoms with E-state index in [0.717, 1.165) is 32.1 Å². The fourth-order valence-electron chi connectivity index (χ4n) is 2.98. The summed E-state index contributed by atoms with van der Waals surface area (Å²) in [5.74, 6) is 0.789. The molecule has 1 aliphatic rings. The molecule has 3 heteroatoms. The Hall–Kier alpha value is -0.120. The van der Waals surface area contributed by atoms with Crippen molar-refractivity contribution in [3.05, 3.63) is 0 Å². The number of nitrogens with two attached hydrogens (primary N) is 1. The Morgan fingerprint density at radius 3 is 2.50 bits per heavy atom. The molecule has 0 aliphatic heterocycles. The Morgan fingerprint density at radius 1 is 1.28 bits per heavy atom. The predicted octanol–water partition coefficient (Wildman–Crippen LogP) is 2.50. The number of ether oxygens (including phenoxy) is 1. The molecular formula is C15H32N2O. The molecule has 1 saturated carbocycles. The van der Waals surface area contributed by atoms with Gasteiger partial charge in [-0.3, -0.25) is 4.90 Å². The third kappa shape index (κ3) is 4.52. The zero-order valence-corrected chi connectivity index (χ0v) is 12.9. The number of hydrogen-bond acceptors (Lipinski definition) is 3. The SMILES string of the molecule is CCOCCN(C)C1CC(C(C)(C)C)CCC1N. The maximum absolute atomic E-state index is 6.31. The zero-order chi connectivity index (χ0) is 13.8. The lowest BCUT2D eigenvalue weighted by atomic mass is 9.69. The van der Waals surface area contributed by atoms with E-state index < -0.39 is 0 Å². The molecule has 1 aliphatic carbocycles. The van der Waals surface area contributed by atoms with Gasteiger partial charge in [0.05, 0.1) is 6.61 Å². The van der Waals surface area contributed by atoms with Crippen LogP contribution in [0.5, 0.6) is 0 Å². The molecule has 3 atom stereocenters. The van der Waals surface area contributed by atoms with Crippen LogP contribution in [0.15, 0.2) is 0 Å². The summed E-state index contributed by atoms with van der Waals surface area (Å²) in [6.07, 6.45) is 3.67. The average Bonchev–Trinajstić information content (AvgIpc) is 2.28. The molecule has 0 bridgehead atoms. The van der Waals surface area contributed by atoms with E-state index in [9.17, 15) is 0 Å². The summed E-state index contributed by atoms with van der Waals surface area (Å²) >= 11 is 0. The van der Waals surface area contributed by atoms with Gasteiger partial charge in [-0.25, -0.2) is 0 Å². The second-order valence-electron chi connectivity index (χ2n) is 6.78. The van der Waals surface area contributed by atoms with Crippen molar-refractivity contribution >= 4 is 0 Å². The molecule has 0 radical (unpaired) electrons. The lowest BCUT2D eigenvalue weighted by Crippen LogP contribution is -2.52. The quantitative estimate of drug-likeness (QED) is 0.768. The standard InChI is InChI=1S/C15H32N2O/c1-6-18-10-9-17(5)14-11-12(15(2,3)4)7-8-13(14)16/h12-14H,6-11,16H2,1-5H3. The molecule has 1 fully saturated rings. The van der Waals surface area contributed by atoms with E-state index in [1.165, 1.54) is 12.8 Å². The van der Waals surface area contributed by atoms with E-state index in [0.29, 0.717) is 17.5 Å². The highest BCUT2D eigenvalue weighted by Crippen LogP contribution is 2.38. The van der Waals surface area contributed by atoms with Crippen molar-refractivity contribution in [2.45, 2.75) is 59.0 Å². The van der Waals surface area contributed by atoms with Gasteiger partial charge in [0.25, 0.3) is 0 Å². The molecule has 18 heavy (non-hydrogen) atoms. The van der Waals surface area contributed by atoms with Crippen molar-refractivity contribution in [2.24, 2.45) is 17.1 Å². The summed E-state index contributed by atoms with van der Waals surface area (Å²) in [4.78, 5) is 2.40. The summed E-state index contributed by atoms with van der Waals surface area (Å²) in [7, 11) is 2.19. The summed E-state index contributed by atoms with van der Waals surface area (Å²) in [6, 6.07) is 0.846. The van der Waals surface area contributed by atoms with Gasteiger partial charge in [-0.15, -0.1) is 0 Å². The summed E-state index contributed by atoms with van der Waals surface area (Å²) < 4.78 is 5.44. The third-order valence-electron chi connectivity index (χ3n) is 4.45. The number of rotatable bonds is 5. The number of nitrogens with zero attached hydrogens (tertiary/aromatic N) is 1. The monoisotopic (exact) mass is 256 g/mol. The highest BCUT2D eigenvalue weighted by Gasteiger charge is 2.35. The van der Waals surface area contributed by atoms with Crippen LogP contribution in [0.2, 0.25) is 0 Å². The van der Waals surface area contributed by atoms with Gasteiger partial charge in [-0.05, 0) is 44.6 Å². The Kier molecular flexibility index (Phi) is 6.09. The minimum absolute atomic E-state index is 0.329. The summed E-state index contributed by atoms with van der Waals surface area (Å²) in [5.41, 5.74) is 6.71. The van der Waals surface area contributed by atoms with Gasteiger partial charge < -0.3 is 10.5 Å². The normalized spacial score (nSPS) is 29.8. The lowest BCUT2D eigenvalue weighted by Gasteiger charge is -2.44. The molecule has 3 nitrogen and oxygen atoms in total. The Morgan fingerprint density at radius 2 is 1.94 bits per heavy atom. The molecule has 0 saturated heterocycles. The molecule has 2 N–H and O–H groups in total. The molecular weight excluding hydrogens is 224 g/mol. The van der Waals surface area contributed by atoms with Crippen LogP contribution in [0.1, 0.15) is 47.0 Å². The predicted molar refractivity (Wildman–Crippen MR) is 77.7 cm³/mol. The zero-order valence-electron chi connectivity index (χ0n) is 12.9. The van der Waals surface area contributed by atoms with Crippen molar-refractivity contribution in [1.29, 1.82) is 0 Å². The van der Waals surface area contributed by atoms with Crippen molar-refractivity contribution in [2.75, 3.05) is 26.8 Å². The molecule has 3 unspecified atom stereocenters. The largest absolute Gasteiger partial charge is 0.380 e. The average molecular weight is 256 g/mol. The van der Waals surface area contributed by atoms with Crippen LogP contribution in [0.25, 0.3) is 0 Å². The molecule has 0 spiro atoms. The number of hydrogen-bond donors (Lipinski definition) is 1. The third-order valence-corrected chi connectivity index (χ3v) is 4.45. The molecule has 0 aromatic carbocycles. The van der Waals surface area contributed by atoms with Gasteiger partial charge in [-0.2, -0.15) is 0 Å². The van der Waals surface area contributed by atoms with Crippen molar-refractivity contribution < 1.29 is 4.74 Å². The van der Waals surface area contributed by atoms with Crippen molar-refractivity contribution in [3.63, 3.8) is 0 Å². The van der Waals surface area contributed by atoms with Crippen LogP contribution in [-0.2, 0) is 4.74 Å². The van der Waals surface area contributed by atoms with E-state index in [-0.39, 0.29) is 0 Å². The second kappa shape index (κ2) is 6.88. The lowest BCUT2D eigenvalue weighted by molar-refractivity contribution is 0.0582. The molecule has 0 amide bonds. The Balaban J connectivity index is 2.51. The summed E-state index contributed by atoms with van der Waals surface area (Å²) in [5, 5.41) is 0. The van der Waals surface area contributed by atoms with Crippen LogP contribution in [0.3, 0.4) is 0 Å². The van der Waals surface area contributed by atoms with E-state index in [1.54, 1.807) is 0 Å². The first-order valence-electron chi connectivity index (χ1n) is 7.39. The minimum atomic E-state index is 0.329. The van der Waals surface area contributed by atoms with Gasteiger partial charge in [0.15, 0.2) is 0 Å². The fraction of sp³-hybridized carbons (Fsp3) is 1.00. The highest BCUT2D eigenvalue weighted by molar-refractivity contribution is 4.91. The molecule has 0 aromatic rings. The van der Waals surface area contributed by atoms with Crippen LogP contribution in [-0.4, -0.2) is 43.8 Å². The molecule has 0 heterocycles. The van der Waals surface area contributed by atoms with E-state index >= 15 is 0 Å². The van der Waals surface area contributed by atoms with E-state index in [4.69, 9.17) is 10.5 Å². The highest BCUT2D eigenvalue weighted by atomic mass is 16.5. The first-order valence-corrected chi connectivity index (χ1v) is 7.39. The summed E-state index contributed by atoms with van der Waals surface area (Å²) in [6.45, 7) is 11.7. The first-order chi connectivity index (χ1) is 8.36. The van der Waals surface area contributed by atoms with Gasteiger partial charge in [0.1, 0.15) is 0 Å². The van der Waals surface area contributed by atoms with Gasteiger partial charge >= 0.3 is 0 Å². The van der Waals surface area contributed by atoms with E-state index in [2.05, 4.69) is 32.7 Å². The van der Waals surface area contributed by atoms with Crippen molar-refractivity contribution in [3.8, 4) is 0 Å². The van der Waals surface area contributed by atoms with Gasteiger partial charge in [-0.1, -0.05) is 20.8 Å². The number of likely N-dealkylation sites (N-methyl/N-ethyl adjacent to an activating group) is 1. The molecule has 108 valence electrons. The van der Waals surface area contributed by atoms with Crippen LogP contribution < -0.4 is 5.73 Å². The van der Waals surface area contributed by atoms with E-state index in [1.807, 2.05) is 6.92 Å². The van der Waals surface area contributed by atoms with Crippen LogP contribution in [0, 0.1) is 11.3 Å². The smallest absolute Gasteiger partial charge is 0.0593 e. The van der Waals surface area contributed by atoms with Gasteiger partial charge in [0.2, 0.25) is 0 Å². The Labute approximate surface area is 113 Å². The van der Waals surface area contributed by atoms with Crippen molar-refractivity contribution in [1.82, 2.24) is 4.90 Å². The topological polar surface area (TPSA) is 38.5 Å². The fourth-order valence-corrected chi connectivity index (χ4v) is 2.98. The first kappa shape index (κ1) is 15.9.